The lowest BCUT2D eigenvalue weighted by molar-refractivity contribution is -0.121. The van der Waals surface area contributed by atoms with Crippen molar-refractivity contribution in [2.24, 2.45) is 0 Å². The number of anilines is 1. The van der Waals surface area contributed by atoms with Crippen LogP contribution in [0.2, 0.25) is 0 Å². The molecule has 7 heteroatoms. The fraction of sp³-hybridized carbons (Fsp3) is 0.467. The molecule has 0 saturated carbocycles. The van der Waals surface area contributed by atoms with E-state index in [4.69, 9.17) is 11.7 Å². The Morgan fingerprint density at radius 2 is 2.14 bits per heavy atom. The summed E-state index contributed by atoms with van der Waals surface area (Å²) in [5.74, 6) is 2.93. The third kappa shape index (κ3) is 4.18. The van der Waals surface area contributed by atoms with Crippen molar-refractivity contribution in [1.29, 1.82) is 5.26 Å². The second kappa shape index (κ2) is 7.96. The zero-order chi connectivity index (χ0) is 15.8. The van der Waals surface area contributed by atoms with Crippen LogP contribution in [0.3, 0.4) is 0 Å². The Balaban J connectivity index is 1.94. The quantitative estimate of drug-likeness (QED) is 0.762. The molecule has 0 unspecified atom stereocenters. The minimum absolute atomic E-state index is 0.0661. The Bertz CT molecular complexity index is 603. The minimum Gasteiger partial charge on any atom is -0.353 e. The highest BCUT2D eigenvalue weighted by molar-refractivity contribution is 5.78. The molecule has 0 atom stereocenters. The number of carbonyl (C=O) groups excluding carboxylic acids is 1. The summed E-state index contributed by atoms with van der Waals surface area (Å²) in [6.07, 6.45) is 9.12. The zero-order valence-corrected chi connectivity index (χ0v) is 12.3. The van der Waals surface area contributed by atoms with Crippen LogP contribution in [0.1, 0.15) is 12.1 Å². The number of hydrogen-bond donors (Lipinski definition) is 1. The minimum atomic E-state index is -0.0661. The SMILES string of the molecule is C#CCNC(=O)CN1CCCN(c2nccnc2C#N)CC1. The monoisotopic (exact) mass is 298 g/mol. The van der Waals surface area contributed by atoms with Crippen LogP contribution >= 0.6 is 0 Å². The lowest BCUT2D eigenvalue weighted by atomic mass is 10.3. The van der Waals surface area contributed by atoms with Gasteiger partial charge >= 0.3 is 0 Å². The molecule has 7 nitrogen and oxygen atoms in total. The van der Waals surface area contributed by atoms with E-state index in [1.54, 1.807) is 6.20 Å². The van der Waals surface area contributed by atoms with Gasteiger partial charge in [-0.2, -0.15) is 5.26 Å². The average molecular weight is 298 g/mol. The van der Waals surface area contributed by atoms with Gasteiger partial charge in [-0.25, -0.2) is 9.97 Å². The lowest BCUT2D eigenvalue weighted by Crippen LogP contribution is -2.39. The van der Waals surface area contributed by atoms with Crippen LogP contribution in [0.5, 0.6) is 0 Å². The third-order valence-electron chi connectivity index (χ3n) is 3.43. The molecular formula is C15H18N6O. The summed E-state index contributed by atoms with van der Waals surface area (Å²) in [6.45, 7) is 3.63. The Kier molecular flexibility index (Phi) is 5.70. The highest BCUT2D eigenvalue weighted by Crippen LogP contribution is 2.16. The standard InChI is InChI=1S/C15H18N6O/c1-2-4-18-14(22)12-20-7-3-8-21(10-9-20)15-13(11-16)17-5-6-19-15/h1,5-6H,3-4,7-10,12H2,(H,18,22). The Morgan fingerprint density at radius 3 is 2.91 bits per heavy atom. The van der Waals surface area contributed by atoms with Crippen molar-refractivity contribution in [3.63, 3.8) is 0 Å². The number of amides is 1. The van der Waals surface area contributed by atoms with E-state index in [2.05, 4.69) is 32.2 Å². The number of carbonyl (C=O) groups is 1. The van der Waals surface area contributed by atoms with Crippen LogP contribution in [0.15, 0.2) is 12.4 Å². The molecular weight excluding hydrogens is 280 g/mol. The van der Waals surface area contributed by atoms with E-state index in [-0.39, 0.29) is 12.5 Å². The molecule has 1 saturated heterocycles. The lowest BCUT2D eigenvalue weighted by Gasteiger charge is -2.22. The fourth-order valence-electron chi connectivity index (χ4n) is 2.39. The van der Waals surface area contributed by atoms with E-state index < -0.39 is 0 Å². The predicted molar refractivity (Wildman–Crippen MR) is 81.9 cm³/mol. The van der Waals surface area contributed by atoms with Crippen molar-refractivity contribution in [3.05, 3.63) is 18.1 Å². The smallest absolute Gasteiger partial charge is 0.234 e. The number of aromatic nitrogens is 2. The summed E-state index contributed by atoms with van der Waals surface area (Å²) in [5, 5.41) is 11.8. The molecule has 1 aromatic heterocycles. The van der Waals surface area contributed by atoms with Crippen LogP contribution in [-0.2, 0) is 4.79 Å². The van der Waals surface area contributed by atoms with Gasteiger partial charge in [0.25, 0.3) is 0 Å². The first-order valence-electron chi connectivity index (χ1n) is 7.13. The molecule has 1 N–H and O–H groups in total. The van der Waals surface area contributed by atoms with Crippen molar-refractivity contribution >= 4 is 11.7 Å². The summed E-state index contributed by atoms with van der Waals surface area (Å²) in [6, 6.07) is 2.07. The van der Waals surface area contributed by atoms with Crippen molar-refractivity contribution in [2.45, 2.75) is 6.42 Å². The number of rotatable bonds is 4. The molecule has 114 valence electrons. The van der Waals surface area contributed by atoms with Crippen LogP contribution in [0.4, 0.5) is 5.82 Å². The highest BCUT2D eigenvalue weighted by Gasteiger charge is 2.20. The van der Waals surface area contributed by atoms with Gasteiger partial charge in [-0.1, -0.05) is 5.92 Å². The summed E-state index contributed by atoms with van der Waals surface area (Å²) in [5.41, 5.74) is 0.336. The Morgan fingerprint density at radius 1 is 1.32 bits per heavy atom. The normalized spacial score (nSPS) is 15.5. The van der Waals surface area contributed by atoms with E-state index >= 15 is 0 Å². The number of terminal acetylenes is 1. The molecule has 1 aliphatic rings. The van der Waals surface area contributed by atoms with E-state index in [0.717, 1.165) is 26.1 Å². The molecule has 1 fully saturated rings. The van der Waals surface area contributed by atoms with E-state index in [1.165, 1.54) is 6.20 Å². The molecule has 0 aromatic carbocycles. The first-order valence-corrected chi connectivity index (χ1v) is 7.13. The van der Waals surface area contributed by atoms with Gasteiger partial charge in [0, 0.05) is 38.6 Å². The van der Waals surface area contributed by atoms with Crippen LogP contribution in [0.25, 0.3) is 0 Å². The number of nitriles is 1. The van der Waals surface area contributed by atoms with Crippen molar-refractivity contribution < 1.29 is 4.79 Å². The van der Waals surface area contributed by atoms with Crippen molar-refractivity contribution in [3.8, 4) is 18.4 Å². The van der Waals surface area contributed by atoms with E-state index in [9.17, 15) is 4.79 Å². The van der Waals surface area contributed by atoms with E-state index in [0.29, 0.717) is 24.6 Å². The maximum Gasteiger partial charge on any atom is 0.234 e. The van der Waals surface area contributed by atoms with Crippen molar-refractivity contribution in [2.75, 3.05) is 44.2 Å². The average Bonchev–Trinajstić information content (AvgIpc) is 2.78. The van der Waals surface area contributed by atoms with Gasteiger partial charge in [-0.3, -0.25) is 9.69 Å². The summed E-state index contributed by atoms with van der Waals surface area (Å²) < 4.78 is 0. The Hall–Kier alpha value is -2.64. The molecule has 0 aliphatic carbocycles. The van der Waals surface area contributed by atoms with Crippen molar-refractivity contribution in [1.82, 2.24) is 20.2 Å². The van der Waals surface area contributed by atoms with Gasteiger partial charge in [0.1, 0.15) is 6.07 Å². The topological polar surface area (TPSA) is 85.2 Å². The summed E-state index contributed by atoms with van der Waals surface area (Å²) in [4.78, 5) is 24.1. The van der Waals surface area contributed by atoms with Crippen LogP contribution < -0.4 is 10.2 Å². The second-order valence-electron chi connectivity index (χ2n) is 4.94. The maximum absolute atomic E-state index is 11.7. The maximum atomic E-state index is 11.7. The van der Waals surface area contributed by atoms with Gasteiger partial charge < -0.3 is 10.2 Å². The van der Waals surface area contributed by atoms with Gasteiger partial charge in [-0.15, -0.1) is 6.42 Å². The summed E-state index contributed by atoms with van der Waals surface area (Å²) in [7, 11) is 0. The first-order chi connectivity index (χ1) is 10.7. The fourth-order valence-corrected chi connectivity index (χ4v) is 2.39. The zero-order valence-electron chi connectivity index (χ0n) is 12.3. The molecule has 1 aliphatic heterocycles. The summed E-state index contributed by atoms with van der Waals surface area (Å²) >= 11 is 0. The predicted octanol–water partition coefficient (Wildman–Crippen LogP) is -0.390. The molecule has 2 rings (SSSR count). The largest absolute Gasteiger partial charge is 0.353 e. The molecule has 22 heavy (non-hydrogen) atoms. The van der Waals surface area contributed by atoms with Gasteiger partial charge in [0.2, 0.25) is 5.91 Å². The Labute approximate surface area is 130 Å². The van der Waals surface area contributed by atoms with Gasteiger partial charge in [-0.05, 0) is 6.42 Å². The number of hydrogen-bond acceptors (Lipinski definition) is 6. The molecule has 1 amide bonds. The van der Waals surface area contributed by atoms with Crippen LogP contribution in [-0.4, -0.2) is 60.0 Å². The second-order valence-corrected chi connectivity index (χ2v) is 4.94. The molecule has 1 aromatic rings. The highest BCUT2D eigenvalue weighted by atomic mass is 16.2. The van der Waals surface area contributed by atoms with Crippen LogP contribution in [0, 0.1) is 23.7 Å². The molecule has 0 radical (unpaired) electrons. The number of nitrogens with zero attached hydrogens (tertiary/aromatic N) is 5. The third-order valence-corrected chi connectivity index (χ3v) is 3.43. The van der Waals surface area contributed by atoms with Gasteiger partial charge in [0.05, 0.1) is 13.1 Å². The molecule has 2 heterocycles. The first kappa shape index (κ1) is 15.7. The number of nitrogens with one attached hydrogen (secondary N) is 1. The molecule has 0 spiro atoms. The van der Waals surface area contributed by atoms with E-state index in [1.807, 2.05) is 4.90 Å². The van der Waals surface area contributed by atoms with Gasteiger partial charge in [0.15, 0.2) is 11.5 Å². The molecule has 0 bridgehead atoms.